The van der Waals surface area contributed by atoms with Crippen LogP contribution in [0.5, 0.6) is 0 Å². The average molecular weight is 452 g/mol. The van der Waals surface area contributed by atoms with Gasteiger partial charge in [-0.05, 0) is 37.0 Å². The highest BCUT2D eigenvalue weighted by Gasteiger charge is 2.50. The molecule has 1 heterocycles. The van der Waals surface area contributed by atoms with Gasteiger partial charge in [0.2, 0.25) is 5.91 Å². The van der Waals surface area contributed by atoms with Gasteiger partial charge in [0.15, 0.2) is 6.61 Å². The summed E-state index contributed by atoms with van der Waals surface area (Å²) in [6.45, 7) is 3.61. The SMILES string of the molecule is CCC(=O)N(c1ccccc1)C1(C(=O)OCC(=O)NC)CCN(CCc2ccccc2)CC1. The van der Waals surface area contributed by atoms with Crippen LogP contribution < -0.4 is 10.2 Å². The smallest absolute Gasteiger partial charge is 0.333 e. The van der Waals surface area contributed by atoms with Gasteiger partial charge in [0.25, 0.3) is 5.91 Å². The second-order valence-electron chi connectivity index (χ2n) is 8.28. The van der Waals surface area contributed by atoms with Gasteiger partial charge in [-0.1, -0.05) is 55.5 Å². The summed E-state index contributed by atoms with van der Waals surface area (Å²) in [7, 11) is 1.49. The zero-order chi connectivity index (χ0) is 23.7. The molecular formula is C26H33N3O4. The number of benzene rings is 2. The number of esters is 1. The Hall–Kier alpha value is -3.19. The van der Waals surface area contributed by atoms with E-state index in [1.807, 2.05) is 48.5 Å². The minimum atomic E-state index is -1.15. The highest BCUT2D eigenvalue weighted by atomic mass is 16.5. The lowest BCUT2D eigenvalue weighted by molar-refractivity contribution is -0.156. The number of rotatable bonds is 9. The van der Waals surface area contributed by atoms with E-state index in [0.29, 0.717) is 31.6 Å². The predicted octanol–water partition coefficient (Wildman–Crippen LogP) is 2.80. The van der Waals surface area contributed by atoms with Crippen molar-refractivity contribution in [2.75, 3.05) is 38.2 Å². The van der Waals surface area contributed by atoms with Gasteiger partial charge in [0.05, 0.1) is 0 Å². The van der Waals surface area contributed by atoms with Crippen molar-refractivity contribution < 1.29 is 19.1 Å². The molecule has 0 bridgehead atoms. The maximum absolute atomic E-state index is 13.4. The molecule has 3 rings (SSSR count). The molecule has 0 radical (unpaired) electrons. The van der Waals surface area contributed by atoms with Gasteiger partial charge in [-0.2, -0.15) is 0 Å². The van der Waals surface area contributed by atoms with E-state index in [0.717, 1.165) is 13.0 Å². The number of nitrogens with one attached hydrogen (secondary N) is 1. The van der Waals surface area contributed by atoms with Crippen LogP contribution in [0.1, 0.15) is 31.7 Å². The first kappa shape index (κ1) is 24.5. The number of anilines is 1. The van der Waals surface area contributed by atoms with Gasteiger partial charge >= 0.3 is 5.97 Å². The van der Waals surface area contributed by atoms with Crippen LogP contribution in [0, 0.1) is 0 Å². The van der Waals surface area contributed by atoms with E-state index in [9.17, 15) is 14.4 Å². The fraction of sp³-hybridized carbons (Fsp3) is 0.423. The van der Waals surface area contributed by atoms with Gasteiger partial charge in [-0.3, -0.25) is 14.5 Å². The molecule has 1 aliphatic heterocycles. The van der Waals surface area contributed by atoms with E-state index >= 15 is 0 Å². The van der Waals surface area contributed by atoms with Gasteiger partial charge in [0, 0.05) is 38.8 Å². The molecule has 2 aromatic rings. The summed E-state index contributed by atoms with van der Waals surface area (Å²) < 4.78 is 5.44. The highest BCUT2D eigenvalue weighted by molar-refractivity contribution is 6.02. The number of amides is 2. The summed E-state index contributed by atoms with van der Waals surface area (Å²) in [4.78, 5) is 42.2. The quantitative estimate of drug-likeness (QED) is 0.593. The summed E-state index contributed by atoms with van der Waals surface area (Å²) in [5, 5.41) is 2.47. The first-order valence-corrected chi connectivity index (χ1v) is 11.5. The lowest BCUT2D eigenvalue weighted by Gasteiger charge is -2.46. The number of hydrogen-bond donors (Lipinski definition) is 1. The van der Waals surface area contributed by atoms with Crippen LogP contribution in [0.3, 0.4) is 0 Å². The van der Waals surface area contributed by atoms with Crippen LogP contribution in [-0.4, -0.2) is 61.5 Å². The van der Waals surface area contributed by atoms with Crippen molar-refractivity contribution in [1.29, 1.82) is 0 Å². The van der Waals surface area contributed by atoms with Crippen molar-refractivity contribution in [3.63, 3.8) is 0 Å². The van der Waals surface area contributed by atoms with Crippen molar-refractivity contribution in [3.05, 3.63) is 66.2 Å². The number of hydrogen-bond acceptors (Lipinski definition) is 5. The number of ether oxygens (including phenoxy) is 1. The van der Waals surface area contributed by atoms with E-state index in [1.54, 1.807) is 11.8 Å². The van der Waals surface area contributed by atoms with Gasteiger partial charge in [0.1, 0.15) is 5.54 Å². The Morgan fingerprint density at radius 2 is 1.61 bits per heavy atom. The number of para-hydroxylation sites is 1. The Morgan fingerprint density at radius 1 is 1.00 bits per heavy atom. The monoisotopic (exact) mass is 451 g/mol. The van der Waals surface area contributed by atoms with E-state index in [1.165, 1.54) is 12.6 Å². The van der Waals surface area contributed by atoms with E-state index in [2.05, 4.69) is 22.3 Å². The molecule has 2 amide bonds. The van der Waals surface area contributed by atoms with E-state index < -0.39 is 11.5 Å². The molecule has 1 fully saturated rings. The molecule has 176 valence electrons. The number of carbonyl (C=O) groups excluding carboxylic acids is 3. The third kappa shape index (κ3) is 5.99. The Bertz CT molecular complexity index is 925. The second kappa shape index (κ2) is 11.6. The van der Waals surface area contributed by atoms with Crippen molar-refractivity contribution >= 4 is 23.5 Å². The number of carbonyl (C=O) groups is 3. The molecular weight excluding hydrogens is 418 g/mol. The third-order valence-corrected chi connectivity index (χ3v) is 6.23. The first-order valence-electron chi connectivity index (χ1n) is 11.5. The van der Waals surface area contributed by atoms with Gasteiger partial charge in [-0.25, -0.2) is 4.79 Å². The van der Waals surface area contributed by atoms with Crippen LogP contribution in [-0.2, 0) is 25.5 Å². The summed E-state index contributed by atoms with van der Waals surface area (Å²) in [6, 6.07) is 19.6. The second-order valence-corrected chi connectivity index (χ2v) is 8.28. The molecule has 1 N–H and O–H groups in total. The van der Waals surface area contributed by atoms with Crippen molar-refractivity contribution in [3.8, 4) is 0 Å². The predicted molar refractivity (Wildman–Crippen MR) is 128 cm³/mol. The van der Waals surface area contributed by atoms with E-state index in [-0.39, 0.29) is 24.8 Å². The van der Waals surface area contributed by atoms with Crippen LogP contribution in [0.25, 0.3) is 0 Å². The van der Waals surface area contributed by atoms with Crippen LogP contribution in [0.15, 0.2) is 60.7 Å². The molecule has 2 aromatic carbocycles. The average Bonchev–Trinajstić information content (AvgIpc) is 2.87. The van der Waals surface area contributed by atoms with Crippen molar-refractivity contribution in [1.82, 2.24) is 10.2 Å². The minimum absolute atomic E-state index is 0.143. The number of piperidine rings is 1. The molecule has 7 heteroatoms. The Kier molecular flexibility index (Phi) is 8.60. The molecule has 1 saturated heterocycles. The molecule has 0 saturated carbocycles. The van der Waals surface area contributed by atoms with Gasteiger partial charge in [-0.15, -0.1) is 0 Å². The standard InChI is InChI=1S/C26H33N3O4/c1-3-24(31)29(22-12-8-5-9-13-22)26(25(32)33-20-23(30)27-2)15-18-28(19-16-26)17-14-21-10-6-4-7-11-21/h4-13H,3,14-20H2,1-2H3,(H,27,30). The topological polar surface area (TPSA) is 78.9 Å². The maximum atomic E-state index is 13.4. The summed E-state index contributed by atoms with van der Waals surface area (Å²) >= 11 is 0. The summed E-state index contributed by atoms with van der Waals surface area (Å²) in [5.74, 6) is -1.05. The highest BCUT2D eigenvalue weighted by Crippen LogP contribution is 2.35. The van der Waals surface area contributed by atoms with Crippen molar-refractivity contribution in [2.45, 2.75) is 38.1 Å². The third-order valence-electron chi connectivity index (χ3n) is 6.23. The fourth-order valence-corrected chi connectivity index (χ4v) is 4.30. The molecule has 33 heavy (non-hydrogen) atoms. The molecule has 1 aliphatic rings. The van der Waals surface area contributed by atoms with Crippen molar-refractivity contribution in [2.24, 2.45) is 0 Å². The first-order chi connectivity index (χ1) is 16.0. The van der Waals surface area contributed by atoms with Gasteiger partial charge < -0.3 is 15.0 Å². The minimum Gasteiger partial charge on any atom is -0.454 e. The number of likely N-dealkylation sites (N-methyl/N-ethyl adjacent to an activating group) is 1. The number of likely N-dealkylation sites (tertiary alicyclic amines) is 1. The Morgan fingerprint density at radius 3 is 2.18 bits per heavy atom. The maximum Gasteiger partial charge on any atom is 0.333 e. The molecule has 0 aromatic heterocycles. The zero-order valence-corrected chi connectivity index (χ0v) is 19.5. The summed E-state index contributed by atoms with van der Waals surface area (Å²) in [6.07, 6.45) is 2.06. The van der Waals surface area contributed by atoms with E-state index in [4.69, 9.17) is 4.74 Å². The summed E-state index contributed by atoms with van der Waals surface area (Å²) in [5.41, 5.74) is 0.788. The lowest BCUT2D eigenvalue weighted by atomic mass is 9.84. The molecule has 0 spiro atoms. The molecule has 7 nitrogen and oxygen atoms in total. The van der Waals surface area contributed by atoms with Crippen LogP contribution in [0.2, 0.25) is 0 Å². The zero-order valence-electron chi connectivity index (χ0n) is 19.5. The lowest BCUT2D eigenvalue weighted by Crippen LogP contribution is -2.63. The largest absolute Gasteiger partial charge is 0.454 e. The normalized spacial score (nSPS) is 15.5. The number of nitrogens with zero attached hydrogens (tertiary/aromatic N) is 2. The molecule has 0 atom stereocenters. The van der Waals surface area contributed by atoms with Crippen LogP contribution >= 0.6 is 0 Å². The molecule has 0 aliphatic carbocycles. The van der Waals surface area contributed by atoms with Crippen LogP contribution in [0.4, 0.5) is 5.69 Å². The fourth-order valence-electron chi connectivity index (χ4n) is 4.30. The Labute approximate surface area is 195 Å². The molecule has 0 unspecified atom stereocenters. The Balaban J connectivity index is 1.82.